The molecule has 94 valence electrons. The summed E-state index contributed by atoms with van der Waals surface area (Å²) in [5, 5.41) is 0. The fraction of sp³-hybridized carbons (Fsp3) is 0.250. The second kappa shape index (κ2) is 7.28. The molecule has 0 radical (unpaired) electrons. The summed E-state index contributed by atoms with van der Waals surface area (Å²) in [4.78, 5) is 0. The second-order valence-electron chi connectivity index (χ2n) is 3.41. The maximum absolute atomic E-state index is 5.28. The van der Waals surface area contributed by atoms with Gasteiger partial charge in [0.2, 0.25) is 0 Å². The molecule has 0 aliphatic rings. The first-order valence-corrected chi connectivity index (χ1v) is 5.97. The van der Waals surface area contributed by atoms with Crippen molar-refractivity contribution in [2.45, 2.75) is 13.3 Å². The zero-order valence-corrected chi connectivity index (χ0v) is 13.0. The van der Waals surface area contributed by atoms with Crippen molar-refractivity contribution >= 4 is 11.7 Å². The van der Waals surface area contributed by atoms with Gasteiger partial charge in [0.25, 0.3) is 5.88 Å². The Morgan fingerprint density at radius 1 is 1.44 bits per heavy atom. The van der Waals surface area contributed by atoms with Gasteiger partial charge in [-0.1, -0.05) is 12.8 Å². The summed E-state index contributed by atoms with van der Waals surface area (Å²) in [6.07, 6.45) is 7.29. The van der Waals surface area contributed by atoms with Gasteiger partial charge in [0.05, 0.1) is 17.3 Å². The van der Waals surface area contributed by atoms with Gasteiger partial charge in [0.15, 0.2) is 18.1 Å². The quantitative estimate of drug-likeness (QED) is 0.377. The maximum atomic E-state index is 5.28. The third kappa shape index (κ3) is 3.65. The summed E-state index contributed by atoms with van der Waals surface area (Å²) in [6.45, 7) is 1.97. The number of halogens is 1. The molecule has 0 atom stereocenters. The van der Waals surface area contributed by atoms with Crippen LogP contribution in [0.2, 0.25) is 0 Å². The fourth-order valence-corrected chi connectivity index (χ4v) is 1.81. The number of nitrogens with zero attached hydrogens (tertiary/aromatic N) is 3. The predicted octanol–water partition coefficient (Wildman–Crippen LogP) is -1.22. The monoisotopic (exact) mass is 373 g/mol. The normalized spacial score (nSPS) is 9.00. The highest BCUT2D eigenvalue weighted by molar-refractivity contribution is 6.99. The maximum Gasteiger partial charge on any atom is 0.270 e. The number of aromatic nitrogens is 3. The van der Waals surface area contributed by atoms with Crippen LogP contribution in [0.5, 0.6) is 5.88 Å². The van der Waals surface area contributed by atoms with Gasteiger partial charge in [-0.2, -0.15) is 4.37 Å². The minimum atomic E-state index is 0. The van der Waals surface area contributed by atoms with E-state index in [1.54, 1.807) is 0 Å². The van der Waals surface area contributed by atoms with Gasteiger partial charge in [-0.25, -0.2) is 4.57 Å². The minimum Gasteiger partial charge on any atom is -1.00 e. The summed E-state index contributed by atoms with van der Waals surface area (Å²) in [5.74, 6) is 3.31. The standard InChI is InChI=1S/C12H12N3OS.HI/c1-3-4-8-16-12-11(13-17-14-12)10-6-5-7-15(2)9-10;/h5-7,9H,3H2,1-2H3;1H/q+1;/p-1. The largest absolute Gasteiger partial charge is 1.00 e. The van der Waals surface area contributed by atoms with Crippen LogP contribution in [-0.4, -0.2) is 8.75 Å². The highest BCUT2D eigenvalue weighted by Gasteiger charge is 2.13. The molecule has 2 aromatic heterocycles. The van der Waals surface area contributed by atoms with Gasteiger partial charge in [-0.15, -0.1) is 4.37 Å². The van der Waals surface area contributed by atoms with Crippen LogP contribution in [0, 0.1) is 12.0 Å². The van der Waals surface area contributed by atoms with Crippen LogP contribution >= 0.6 is 11.7 Å². The molecule has 0 amide bonds. The Morgan fingerprint density at radius 3 is 3.00 bits per heavy atom. The number of pyridine rings is 1. The van der Waals surface area contributed by atoms with Crippen molar-refractivity contribution < 1.29 is 33.3 Å². The molecule has 6 heteroatoms. The first-order valence-electron chi connectivity index (χ1n) is 5.24. The molecule has 2 aromatic rings. The topological polar surface area (TPSA) is 38.9 Å². The van der Waals surface area contributed by atoms with E-state index in [0.717, 1.165) is 29.4 Å². The van der Waals surface area contributed by atoms with Crippen molar-refractivity contribution in [3.63, 3.8) is 0 Å². The van der Waals surface area contributed by atoms with E-state index in [2.05, 4.69) is 20.8 Å². The summed E-state index contributed by atoms with van der Waals surface area (Å²) in [5.41, 5.74) is 1.70. The lowest BCUT2D eigenvalue weighted by Gasteiger charge is -1.96. The van der Waals surface area contributed by atoms with E-state index in [0.29, 0.717) is 5.88 Å². The number of rotatable bonds is 2. The zero-order chi connectivity index (χ0) is 12.1. The molecule has 0 spiro atoms. The van der Waals surface area contributed by atoms with Crippen LogP contribution in [0.4, 0.5) is 0 Å². The SMILES string of the molecule is CCC#COc1nsnc1-c1ccc[n+](C)c1.[I-]. The third-order valence-corrected chi connectivity index (χ3v) is 2.58. The van der Waals surface area contributed by atoms with Gasteiger partial charge >= 0.3 is 0 Å². The first kappa shape index (κ1) is 14.9. The molecule has 0 saturated carbocycles. The molecule has 0 unspecified atom stereocenters. The molecule has 4 nitrogen and oxygen atoms in total. The van der Waals surface area contributed by atoms with Crippen LogP contribution in [-0.2, 0) is 7.05 Å². The van der Waals surface area contributed by atoms with Crippen LogP contribution in [0.3, 0.4) is 0 Å². The van der Waals surface area contributed by atoms with E-state index in [-0.39, 0.29) is 24.0 Å². The van der Waals surface area contributed by atoms with Crippen LogP contribution in [0.25, 0.3) is 11.3 Å². The zero-order valence-electron chi connectivity index (χ0n) is 10.1. The van der Waals surface area contributed by atoms with E-state index in [9.17, 15) is 0 Å². The highest BCUT2D eigenvalue weighted by atomic mass is 127. The van der Waals surface area contributed by atoms with Crippen molar-refractivity contribution in [2.24, 2.45) is 7.05 Å². The first-order chi connectivity index (χ1) is 8.31. The average molecular weight is 373 g/mol. The van der Waals surface area contributed by atoms with Crippen LogP contribution in [0.15, 0.2) is 24.5 Å². The number of hydrogen-bond acceptors (Lipinski definition) is 4. The second-order valence-corrected chi connectivity index (χ2v) is 3.94. The third-order valence-electron chi connectivity index (χ3n) is 2.07. The van der Waals surface area contributed by atoms with E-state index >= 15 is 0 Å². The van der Waals surface area contributed by atoms with Crippen LogP contribution in [0.1, 0.15) is 13.3 Å². The summed E-state index contributed by atoms with van der Waals surface area (Å²) in [7, 11) is 1.96. The molecular weight excluding hydrogens is 361 g/mol. The van der Waals surface area contributed by atoms with Crippen molar-refractivity contribution in [3.05, 3.63) is 24.5 Å². The summed E-state index contributed by atoms with van der Waals surface area (Å²) < 4.78 is 15.6. The van der Waals surface area contributed by atoms with E-state index < -0.39 is 0 Å². The van der Waals surface area contributed by atoms with E-state index in [1.807, 2.05) is 43.1 Å². The Bertz CT molecular complexity index is 574. The Hall–Kier alpha value is -1.20. The Labute approximate surface area is 127 Å². The van der Waals surface area contributed by atoms with Crippen molar-refractivity contribution in [3.8, 4) is 29.2 Å². The van der Waals surface area contributed by atoms with E-state index in [4.69, 9.17) is 4.74 Å². The minimum absolute atomic E-state index is 0. The molecule has 2 heterocycles. The lowest BCUT2D eigenvalue weighted by atomic mass is 10.2. The smallest absolute Gasteiger partial charge is 0.270 e. The molecule has 0 bridgehead atoms. The van der Waals surface area contributed by atoms with Gasteiger partial charge in [-0.05, 0) is 6.07 Å². The fourth-order valence-electron chi connectivity index (χ4n) is 1.31. The van der Waals surface area contributed by atoms with Gasteiger partial charge in [0, 0.05) is 12.5 Å². The van der Waals surface area contributed by atoms with E-state index in [1.165, 1.54) is 0 Å². The summed E-state index contributed by atoms with van der Waals surface area (Å²) in [6, 6.07) is 3.92. The molecule has 2 rings (SSSR count). The predicted molar refractivity (Wildman–Crippen MR) is 65.2 cm³/mol. The van der Waals surface area contributed by atoms with Crippen molar-refractivity contribution in [2.75, 3.05) is 0 Å². The summed E-state index contributed by atoms with van der Waals surface area (Å²) >= 11 is 1.12. The average Bonchev–Trinajstić information content (AvgIpc) is 2.78. The van der Waals surface area contributed by atoms with Gasteiger partial charge in [-0.3, -0.25) is 0 Å². The van der Waals surface area contributed by atoms with Gasteiger partial charge < -0.3 is 28.7 Å². The molecule has 18 heavy (non-hydrogen) atoms. The highest BCUT2D eigenvalue weighted by Crippen LogP contribution is 2.26. The Kier molecular flexibility index (Phi) is 6.01. The van der Waals surface area contributed by atoms with Crippen molar-refractivity contribution in [1.29, 1.82) is 0 Å². The Balaban J connectivity index is 0.00000162. The lowest BCUT2D eigenvalue weighted by molar-refractivity contribution is -0.671. The molecule has 0 aliphatic heterocycles. The van der Waals surface area contributed by atoms with Gasteiger partial charge in [0.1, 0.15) is 13.2 Å². The molecular formula is C12H12IN3OS. The number of hydrogen-bond donors (Lipinski definition) is 0. The molecule has 0 saturated heterocycles. The lowest BCUT2D eigenvalue weighted by Crippen LogP contribution is -3.00. The molecule has 0 aromatic carbocycles. The number of aryl methyl sites for hydroxylation is 1. The van der Waals surface area contributed by atoms with Crippen LogP contribution < -0.4 is 33.3 Å². The molecule has 0 N–H and O–H groups in total. The number of ether oxygens (including phenoxy) is 1. The van der Waals surface area contributed by atoms with Crippen molar-refractivity contribution in [1.82, 2.24) is 8.75 Å². The Morgan fingerprint density at radius 2 is 2.28 bits per heavy atom. The molecule has 0 fully saturated rings. The molecule has 0 aliphatic carbocycles.